The highest BCUT2D eigenvalue weighted by atomic mass is 32.2. The van der Waals surface area contributed by atoms with E-state index in [-0.39, 0.29) is 35.8 Å². The summed E-state index contributed by atoms with van der Waals surface area (Å²) >= 11 is 0. The van der Waals surface area contributed by atoms with Crippen LogP contribution >= 0.6 is 0 Å². The zero-order valence-corrected chi connectivity index (χ0v) is 16.6. The van der Waals surface area contributed by atoms with Crippen molar-refractivity contribution in [1.29, 1.82) is 0 Å². The first-order valence-electron chi connectivity index (χ1n) is 8.99. The monoisotopic (exact) mass is 419 g/mol. The minimum absolute atomic E-state index is 0.0310. The number of non-ortho nitro benzene ring substituents is 1. The van der Waals surface area contributed by atoms with Gasteiger partial charge in [-0.2, -0.15) is 4.31 Å². The van der Waals surface area contributed by atoms with Crippen LogP contribution in [0.2, 0.25) is 0 Å². The molecule has 0 aromatic heterocycles. The van der Waals surface area contributed by atoms with Gasteiger partial charge in [-0.1, -0.05) is 18.2 Å². The van der Waals surface area contributed by atoms with Crippen LogP contribution in [0.15, 0.2) is 47.4 Å². The van der Waals surface area contributed by atoms with Crippen molar-refractivity contribution in [3.05, 3.63) is 69.3 Å². The molecule has 1 heterocycles. The van der Waals surface area contributed by atoms with E-state index in [1.54, 1.807) is 31.2 Å². The normalized spacial score (nSPS) is 15.1. The molecule has 1 amide bonds. The van der Waals surface area contributed by atoms with Gasteiger partial charge in [0.25, 0.3) is 11.6 Å². The van der Waals surface area contributed by atoms with E-state index in [2.05, 4.69) is 5.32 Å². The molecular formula is C19H21N3O6S. The summed E-state index contributed by atoms with van der Waals surface area (Å²) in [5.74, 6) is -0.429. The Morgan fingerprint density at radius 2 is 1.83 bits per heavy atom. The van der Waals surface area contributed by atoms with Gasteiger partial charge < -0.3 is 10.1 Å². The van der Waals surface area contributed by atoms with Gasteiger partial charge in [-0.05, 0) is 30.2 Å². The molecule has 1 fully saturated rings. The van der Waals surface area contributed by atoms with E-state index in [1.807, 2.05) is 0 Å². The Hall–Kier alpha value is -2.82. The molecule has 2 aromatic rings. The van der Waals surface area contributed by atoms with E-state index in [0.717, 1.165) is 0 Å². The van der Waals surface area contributed by atoms with Crippen molar-refractivity contribution >= 4 is 21.6 Å². The number of carbonyl (C=O) groups is 1. The largest absolute Gasteiger partial charge is 0.379 e. The zero-order chi connectivity index (χ0) is 21.0. The van der Waals surface area contributed by atoms with E-state index in [1.165, 1.54) is 22.5 Å². The van der Waals surface area contributed by atoms with Crippen LogP contribution < -0.4 is 5.32 Å². The Morgan fingerprint density at radius 1 is 1.17 bits per heavy atom. The summed E-state index contributed by atoms with van der Waals surface area (Å²) in [6.07, 6.45) is 0. The maximum Gasteiger partial charge on any atom is 0.269 e. The van der Waals surface area contributed by atoms with Crippen LogP contribution in [0.3, 0.4) is 0 Å². The summed E-state index contributed by atoms with van der Waals surface area (Å²) in [5, 5.41) is 13.4. The van der Waals surface area contributed by atoms with Crippen molar-refractivity contribution < 1.29 is 22.9 Å². The lowest BCUT2D eigenvalue weighted by atomic mass is 10.1. The van der Waals surface area contributed by atoms with Gasteiger partial charge in [0.2, 0.25) is 10.0 Å². The number of morpholine rings is 1. The van der Waals surface area contributed by atoms with Gasteiger partial charge in [-0.3, -0.25) is 14.9 Å². The Morgan fingerprint density at radius 3 is 2.45 bits per heavy atom. The van der Waals surface area contributed by atoms with E-state index >= 15 is 0 Å². The van der Waals surface area contributed by atoms with Crippen LogP contribution in [0.4, 0.5) is 5.69 Å². The van der Waals surface area contributed by atoms with Crippen molar-refractivity contribution in [3.63, 3.8) is 0 Å². The number of nitrogens with zero attached hydrogens (tertiary/aromatic N) is 2. The number of aryl methyl sites for hydroxylation is 1. The molecule has 154 valence electrons. The predicted octanol–water partition coefficient (Wildman–Crippen LogP) is 1.85. The standard InChI is InChI=1S/C19H21N3O6S/c1-14-2-5-16(12-18(14)29(26,27)21-8-10-28-11-9-21)19(23)20-13-15-3-6-17(7-4-15)22(24)25/h2-7,12H,8-11,13H2,1H3,(H,20,23). The molecule has 10 heteroatoms. The molecule has 0 unspecified atom stereocenters. The summed E-state index contributed by atoms with van der Waals surface area (Å²) in [4.78, 5) is 22.8. The summed E-state index contributed by atoms with van der Waals surface area (Å²) in [5.41, 5.74) is 1.45. The number of benzene rings is 2. The SMILES string of the molecule is Cc1ccc(C(=O)NCc2ccc([N+](=O)[O-])cc2)cc1S(=O)(=O)N1CCOCC1. The fourth-order valence-electron chi connectivity index (χ4n) is 2.97. The van der Waals surface area contributed by atoms with E-state index in [0.29, 0.717) is 24.3 Å². The van der Waals surface area contributed by atoms with Gasteiger partial charge in [0, 0.05) is 37.3 Å². The summed E-state index contributed by atoms with van der Waals surface area (Å²) in [6.45, 7) is 3.08. The highest BCUT2D eigenvalue weighted by molar-refractivity contribution is 7.89. The molecule has 3 rings (SSSR count). The highest BCUT2D eigenvalue weighted by Crippen LogP contribution is 2.22. The molecular weight excluding hydrogens is 398 g/mol. The van der Waals surface area contributed by atoms with Gasteiger partial charge in [-0.15, -0.1) is 0 Å². The third-order valence-corrected chi connectivity index (χ3v) is 6.68. The topological polar surface area (TPSA) is 119 Å². The highest BCUT2D eigenvalue weighted by Gasteiger charge is 2.28. The van der Waals surface area contributed by atoms with E-state index in [4.69, 9.17) is 4.74 Å². The quantitative estimate of drug-likeness (QED) is 0.564. The third-order valence-electron chi connectivity index (χ3n) is 4.64. The van der Waals surface area contributed by atoms with Gasteiger partial charge in [0.15, 0.2) is 0 Å². The van der Waals surface area contributed by atoms with Gasteiger partial charge in [0.1, 0.15) is 0 Å². The maximum atomic E-state index is 12.9. The van der Waals surface area contributed by atoms with Gasteiger partial charge in [0.05, 0.1) is 23.0 Å². The fourth-order valence-corrected chi connectivity index (χ4v) is 4.62. The van der Waals surface area contributed by atoms with E-state index < -0.39 is 20.9 Å². The number of rotatable bonds is 6. The maximum absolute atomic E-state index is 12.9. The van der Waals surface area contributed by atoms with Crippen LogP contribution in [0.25, 0.3) is 0 Å². The molecule has 1 aliphatic heterocycles. The van der Waals surface area contributed by atoms with Crippen molar-refractivity contribution in [2.24, 2.45) is 0 Å². The second-order valence-corrected chi connectivity index (χ2v) is 8.51. The molecule has 1 saturated heterocycles. The molecule has 0 aliphatic carbocycles. The van der Waals surface area contributed by atoms with Gasteiger partial charge >= 0.3 is 0 Å². The zero-order valence-electron chi connectivity index (χ0n) is 15.8. The first-order chi connectivity index (χ1) is 13.8. The van der Waals surface area contributed by atoms with Crippen LogP contribution in [0.5, 0.6) is 0 Å². The summed E-state index contributed by atoms with van der Waals surface area (Å²) in [6, 6.07) is 10.4. The molecule has 1 aliphatic rings. The van der Waals surface area contributed by atoms with Crippen LogP contribution in [-0.2, 0) is 21.3 Å². The Labute approximate surface area is 168 Å². The Kier molecular flexibility index (Phi) is 6.26. The van der Waals surface area contributed by atoms with E-state index in [9.17, 15) is 23.3 Å². The summed E-state index contributed by atoms with van der Waals surface area (Å²) in [7, 11) is -3.72. The Balaban J connectivity index is 1.74. The lowest BCUT2D eigenvalue weighted by molar-refractivity contribution is -0.384. The minimum atomic E-state index is -3.72. The third kappa shape index (κ3) is 4.78. The molecule has 0 radical (unpaired) electrons. The average Bonchev–Trinajstić information content (AvgIpc) is 2.73. The molecule has 0 saturated carbocycles. The second kappa shape index (κ2) is 8.68. The predicted molar refractivity (Wildman–Crippen MR) is 105 cm³/mol. The summed E-state index contributed by atoms with van der Waals surface area (Å²) < 4.78 is 32.4. The number of hydrogen-bond donors (Lipinski definition) is 1. The van der Waals surface area contributed by atoms with Crippen molar-refractivity contribution in [3.8, 4) is 0 Å². The molecule has 0 bridgehead atoms. The first kappa shape index (κ1) is 20.9. The molecule has 0 spiro atoms. The number of nitro benzene ring substituents is 1. The number of nitro groups is 1. The second-order valence-electron chi connectivity index (χ2n) is 6.60. The van der Waals surface area contributed by atoms with Crippen molar-refractivity contribution in [2.75, 3.05) is 26.3 Å². The van der Waals surface area contributed by atoms with Crippen LogP contribution in [0, 0.1) is 17.0 Å². The first-order valence-corrected chi connectivity index (χ1v) is 10.4. The number of nitrogens with one attached hydrogen (secondary N) is 1. The molecule has 29 heavy (non-hydrogen) atoms. The number of carbonyl (C=O) groups excluding carboxylic acids is 1. The van der Waals surface area contributed by atoms with Crippen LogP contribution in [0.1, 0.15) is 21.5 Å². The van der Waals surface area contributed by atoms with Crippen molar-refractivity contribution in [1.82, 2.24) is 9.62 Å². The number of hydrogen-bond acceptors (Lipinski definition) is 6. The number of amides is 1. The fraction of sp³-hybridized carbons (Fsp3) is 0.316. The smallest absolute Gasteiger partial charge is 0.269 e. The Bertz CT molecular complexity index is 1010. The minimum Gasteiger partial charge on any atom is -0.379 e. The molecule has 9 nitrogen and oxygen atoms in total. The molecule has 2 aromatic carbocycles. The molecule has 1 N–H and O–H groups in total. The lowest BCUT2D eigenvalue weighted by Crippen LogP contribution is -2.41. The van der Waals surface area contributed by atoms with Crippen molar-refractivity contribution in [2.45, 2.75) is 18.4 Å². The lowest BCUT2D eigenvalue weighted by Gasteiger charge is -2.26. The van der Waals surface area contributed by atoms with Crippen LogP contribution in [-0.4, -0.2) is 49.9 Å². The molecule has 0 atom stereocenters. The van der Waals surface area contributed by atoms with Gasteiger partial charge in [-0.25, -0.2) is 8.42 Å². The number of ether oxygens (including phenoxy) is 1. The average molecular weight is 419 g/mol. The number of sulfonamides is 1.